The van der Waals surface area contributed by atoms with Crippen molar-refractivity contribution in [3.63, 3.8) is 0 Å². The molecule has 1 saturated heterocycles. The van der Waals surface area contributed by atoms with Crippen molar-refractivity contribution in [1.29, 1.82) is 0 Å². The Morgan fingerprint density at radius 3 is 2.83 bits per heavy atom. The molecule has 1 aliphatic rings. The topological polar surface area (TPSA) is 63.1 Å². The summed E-state index contributed by atoms with van der Waals surface area (Å²) in [6, 6.07) is 2.97. The van der Waals surface area contributed by atoms with Gasteiger partial charge in [-0.1, -0.05) is 6.42 Å². The SMILES string of the molecule is Cl.Cn1cc(NC(=O)[C@@H]2CCCCN2)ccc1=O. The third-order valence-corrected chi connectivity index (χ3v) is 2.98. The van der Waals surface area contributed by atoms with E-state index >= 15 is 0 Å². The van der Waals surface area contributed by atoms with Crippen LogP contribution < -0.4 is 16.2 Å². The fourth-order valence-corrected chi connectivity index (χ4v) is 1.97. The lowest BCUT2D eigenvalue weighted by molar-refractivity contribution is -0.118. The molecule has 0 unspecified atom stereocenters. The molecule has 0 radical (unpaired) electrons. The average Bonchev–Trinajstić information content (AvgIpc) is 2.35. The molecule has 0 aromatic carbocycles. The van der Waals surface area contributed by atoms with Crippen molar-refractivity contribution < 1.29 is 4.79 Å². The van der Waals surface area contributed by atoms with Gasteiger partial charge in [-0.25, -0.2) is 0 Å². The number of rotatable bonds is 2. The normalized spacial score (nSPS) is 18.8. The lowest BCUT2D eigenvalue weighted by Gasteiger charge is -2.22. The summed E-state index contributed by atoms with van der Waals surface area (Å²) in [4.78, 5) is 23.1. The van der Waals surface area contributed by atoms with Gasteiger partial charge < -0.3 is 15.2 Å². The number of nitrogens with one attached hydrogen (secondary N) is 2. The Morgan fingerprint density at radius 1 is 1.44 bits per heavy atom. The van der Waals surface area contributed by atoms with Crippen LogP contribution in [-0.4, -0.2) is 23.1 Å². The summed E-state index contributed by atoms with van der Waals surface area (Å²) in [5.74, 6) is -0.0247. The Hall–Kier alpha value is -1.33. The summed E-state index contributed by atoms with van der Waals surface area (Å²) >= 11 is 0. The average molecular weight is 272 g/mol. The van der Waals surface area contributed by atoms with Gasteiger partial charge in [-0.2, -0.15) is 0 Å². The number of pyridine rings is 1. The van der Waals surface area contributed by atoms with Crippen LogP contribution in [-0.2, 0) is 11.8 Å². The van der Waals surface area contributed by atoms with Crippen molar-refractivity contribution in [3.8, 4) is 0 Å². The van der Waals surface area contributed by atoms with Gasteiger partial charge in [0.05, 0.1) is 11.7 Å². The van der Waals surface area contributed by atoms with Crippen LogP contribution in [0, 0.1) is 0 Å². The van der Waals surface area contributed by atoms with Crippen LogP contribution >= 0.6 is 12.4 Å². The Balaban J connectivity index is 0.00000162. The van der Waals surface area contributed by atoms with E-state index in [-0.39, 0.29) is 29.9 Å². The smallest absolute Gasteiger partial charge is 0.250 e. The molecule has 1 aromatic rings. The van der Waals surface area contributed by atoms with Gasteiger partial charge >= 0.3 is 0 Å². The van der Waals surface area contributed by atoms with E-state index in [1.807, 2.05) is 0 Å². The Bertz CT molecular complexity index is 467. The Morgan fingerprint density at radius 2 is 2.22 bits per heavy atom. The number of aryl methyl sites for hydroxylation is 1. The van der Waals surface area contributed by atoms with Crippen molar-refractivity contribution in [1.82, 2.24) is 9.88 Å². The number of nitrogens with zero attached hydrogens (tertiary/aromatic N) is 1. The van der Waals surface area contributed by atoms with E-state index in [4.69, 9.17) is 0 Å². The maximum atomic E-state index is 11.9. The molecule has 18 heavy (non-hydrogen) atoms. The second-order valence-corrected chi connectivity index (χ2v) is 4.36. The van der Waals surface area contributed by atoms with Crippen LogP contribution in [0.1, 0.15) is 19.3 Å². The fraction of sp³-hybridized carbons (Fsp3) is 0.500. The molecule has 1 aliphatic heterocycles. The van der Waals surface area contributed by atoms with E-state index in [1.54, 1.807) is 19.3 Å². The van der Waals surface area contributed by atoms with Gasteiger partial charge in [-0.15, -0.1) is 12.4 Å². The quantitative estimate of drug-likeness (QED) is 0.840. The molecular formula is C12H18ClN3O2. The van der Waals surface area contributed by atoms with Crippen LogP contribution in [0.15, 0.2) is 23.1 Å². The molecule has 0 aliphatic carbocycles. The highest BCUT2D eigenvalue weighted by Gasteiger charge is 2.20. The molecule has 0 saturated carbocycles. The highest BCUT2D eigenvalue weighted by molar-refractivity contribution is 5.94. The van der Waals surface area contributed by atoms with E-state index in [0.717, 1.165) is 25.8 Å². The minimum absolute atomic E-state index is 0. The number of piperidine rings is 1. The first-order chi connectivity index (χ1) is 8.16. The largest absolute Gasteiger partial charge is 0.323 e. The summed E-state index contributed by atoms with van der Waals surface area (Å²) < 4.78 is 1.45. The first kappa shape index (κ1) is 14.7. The van der Waals surface area contributed by atoms with E-state index in [2.05, 4.69) is 10.6 Å². The van der Waals surface area contributed by atoms with E-state index in [9.17, 15) is 9.59 Å². The second-order valence-electron chi connectivity index (χ2n) is 4.36. The lowest BCUT2D eigenvalue weighted by atomic mass is 10.0. The molecule has 1 atom stereocenters. The number of hydrogen-bond acceptors (Lipinski definition) is 3. The highest BCUT2D eigenvalue weighted by Crippen LogP contribution is 2.10. The van der Waals surface area contributed by atoms with Crippen LogP contribution in [0.5, 0.6) is 0 Å². The number of hydrogen-bond donors (Lipinski definition) is 2. The van der Waals surface area contributed by atoms with Crippen molar-refractivity contribution in [2.75, 3.05) is 11.9 Å². The van der Waals surface area contributed by atoms with Gasteiger partial charge in [0.15, 0.2) is 0 Å². The predicted octanol–water partition coefficient (Wildman–Crippen LogP) is 0.888. The highest BCUT2D eigenvalue weighted by atomic mass is 35.5. The molecule has 0 spiro atoms. The number of aromatic nitrogens is 1. The van der Waals surface area contributed by atoms with Crippen molar-refractivity contribution in [2.24, 2.45) is 7.05 Å². The standard InChI is InChI=1S/C12H17N3O2.ClH/c1-15-8-9(5-6-11(15)16)14-12(17)10-4-2-3-7-13-10;/h5-6,8,10,13H,2-4,7H2,1H3,(H,14,17);1H/t10-;/m0./s1. The minimum Gasteiger partial charge on any atom is -0.323 e. The summed E-state index contributed by atoms with van der Waals surface area (Å²) in [7, 11) is 1.66. The zero-order valence-electron chi connectivity index (χ0n) is 10.3. The van der Waals surface area contributed by atoms with Gasteiger partial charge in [0, 0.05) is 19.3 Å². The van der Waals surface area contributed by atoms with Crippen LogP contribution in [0.2, 0.25) is 0 Å². The Labute approximate surface area is 112 Å². The maximum absolute atomic E-state index is 11.9. The fourth-order valence-electron chi connectivity index (χ4n) is 1.97. The molecular weight excluding hydrogens is 254 g/mol. The van der Waals surface area contributed by atoms with Crippen molar-refractivity contribution >= 4 is 24.0 Å². The van der Waals surface area contributed by atoms with Crippen molar-refractivity contribution in [3.05, 3.63) is 28.7 Å². The van der Waals surface area contributed by atoms with E-state index < -0.39 is 0 Å². The summed E-state index contributed by atoms with van der Waals surface area (Å²) in [6.07, 6.45) is 4.71. The minimum atomic E-state index is -0.110. The molecule has 6 heteroatoms. The lowest BCUT2D eigenvalue weighted by Crippen LogP contribution is -2.43. The van der Waals surface area contributed by atoms with Gasteiger partial charge in [-0.05, 0) is 25.5 Å². The zero-order valence-corrected chi connectivity index (χ0v) is 11.1. The summed E-state index contributed by atoms with van der Waals surface area (Å²) in [5, 5.41) is 6.00. The van der Waals surface area contributed by atoms with Gasteiger partial charge in [0.2, 0.25) is 11.5 Å². The maximum Gasteiger partial charge on any atom is 0.250 e. The first-order valence-corrected chi connectivity index (χ1v) is 5.88. The van der Waals surface area contributed by atoms with Gasteiger partial charge in [0.25, 0.3) is 0 Å². The molecule has 2 N–H and O–H groups in total. The van der Waals surface area contributed by atoms with Crippen molar-refractivity contribution in [2.45, 2.75) is 25.3 Å². The molecule has 1 aromatic heterocycles. The first-order valence-electron chi connectivity index (χ1n) is 5.88. The number of anilines is 1. The number of carbonyl (C=O) groups is 1. The third-order valence-electron chi connectivity index (χ3n) is 2.98. The third kappa shape index (κ3) is 3.58. The number of halogens is 1. The molecule has 0 bridgehead atoms. The number of carbonyl (C=O) groups excluding carboxylic acids is 1. The molecule has 5 nitrogen and oxygen atoms in total. The number of amides is 1. The monoisotopic (exact) mass is 271 g/mol. The molecule has 1 amide bonds. The van der Waals surface area contributed by atoms with Gasteiger partial charge in [-0.3, -0.25) is 9.59 Å². The molecule has 2 heterocycles. The Kier molecular flexibility index (Phi) is 5.37. The van der Waals surface area contributed by atoms with Crippen LogP contribution in [0.3, 0.4) is 0 Å². The van der Waals surface area contributed by atoms with E-state index in [0.29, 0.717) is 5.69 Å². The zero-order chi connectivity index (χ0) is 12.3. The summed E-state index contributed by atoms with van der Waals surface area (Å²) in [6.45, 7) is 0.894. The second kappa shape index (κ2) is 6.56. The summed E-state index contributed by atoms with van der Waals surface area (Å²) in [5.41, 5.74) is 0.572. The molecule has 1 fully saturated rings. The van der Waals surface area contributed by atoms with Crippen LogP contribution in [0.4, 0.5) is 5.69 Å². The molecule has 2 rings (SSSR count). The van der Waals surface area contributed by atoms with Crippen LogP contribution in [0.25, 0.3) is 0 Å². The van der Waals surface area contributed by atoms with E-state index in [1.165, 1.54) is 10.6 Å². The predicted molar refractivity (Wildman–Crippen MR) is 73.2 cm³/mol. The molecule has 100 valence electrons. The van der Waals surface area contributed by atoms with Gasteiger partial charge in [0.1, 0.15) is 0 Å².